The fourth-order valence-corrected chi connectivity index (χ4v) is 15.1. The van der Waals surface area contributed by atoms with Crippen LogP contribution in [-0.2, 0) is 0 Å². The molecule has 4 rings (SSSR count). The van der Waals surface area contributed by atoms with Crippen molar-refractivity contribution in [3.8, 4) is 0 Å². The van der Waals surface area contributed by atoms with Crippen LogP contribution in [-0.4, -0.2) is 5.66 Å². The second-order valence-corrected chi connectivity index (χ2v) is 17.8. The summed E-state index contributed by atoms with van der Waals surface area (Å²) in [7, 11) is 0. The average Bonchev–Trinajstić information content (AvgIpc) is 2.76. The zero-order valence-electron chi connectivity index (χ0n) is 15.1. The Hall–Kier alpha value is -1.18. The van der Waals surface area contributed by atoms with E-state index in [1.807, 2.05) is 0 Å². The number of hydrogen-bond donors (Lipinski definition) is 0. The van der Waals surface area contributed by atoms with Gasteiger partial charge in [0.05, 0.1) is 0 Å². The molecule has 0 amide bonds. The summed E-state index contributed by atoms with van der Waals surface area (Å²) in [6.07, 6.45) is 6.77. The van der Waals surface area contributed by atoms with Gasteiger partial charge in [0.2, 0.25) is 0 Å². The van der Waals surface area contributed by atoms with Crippen molar-refractivity contribution in [2.75, 3.05) is 0 Å². The van der Waals surface area contributed by atoms with Crippen LogP contribution in [0.1, 0.15) is 32.1 Å². The molecule has 26 heavy (non-hydrogen) atoms. The van der Waals surface area contributed by atoms with Crippen LogP contribution in [0, 0.1) is 0 Å². The molecule has 1 aliphatic carbocycles. The molecule has 1 fully saturated rings. The van der Waals surface area contributed by atoms with E-state index < -0.39 is 4.25 Å². The van der Waals surface area contributed by atoms with Gasteiger partial charge in [-0.1, -0.05) is 0 Å². The molecule has 0 bridgehead atoms. The Morgan fingerprint density at radius 1 is 0.538 bits per heavy atom. The van der Waals surface area contributed by atoms with Crippen molar-refractivity contribution in [1.82, 2.24) is 0 Å². The Morgan fingerprint density at radius 3 is 1.23 bits per heavy atom. The summed E-state index contributed by atoms with van der Waals surface area (Å²) in [5.74, 6) is 0. The van der Waals surface area contributed by atoms with Crippen LogP contribution in [0.2, 0.25) is 0 Å². The zero-order chi connectivity index (χ0) is 17.9. The van der Waals surface area contributed by atoms with E-state index in [2.05, 4.69) is 113 Å². The molecule has 134 valence electrons. The molecule has 0 atom stereocenters. The van der Waals surface area contributed by atoms with E-state index in [4.69, 9.17) is 0 Å². The third-order valence-electron chi connectivity index (χ3n) is 6.04. The van der Waals surface area contributed by atoms with Crippen molar-refractivity contribution in [3.63, 3.8) is 0 Å². The third-order valence-corrected chi connectivity index (χ3v) is 19.2. The second-order valence-electron chi connectivity index (χ2n) is 7.37. The summed E-state index contributed by atoms with van der Waals surface area (Å²) >= 11 is 2.96. The molecule has 0 unspecified atom stereocenters. The van der Waals surface area contributed by atoms with Gasteiger partial charge in [-0.25, -0.2) is 0 Å². The summed E-state index contributed by atoms with van der Waals surface area (Å²) < 4.78 is -2.57. The van der Waals surface area contributed by atoms with Crippen LogP contribution in [0.5, 0.6) is 0 Å². The van der Waals surface area contributed by atoms with Crippen molar-refractivity contribution < 1.29 is 0 Å². The molecule has 0 spiro atoms. The summed E-state index contributed by atoms with van der Waals surface area (Å²) in [5, 5.41) is 4.59. The Kier molecular flexibility index (Phi) is 5.21. The molecule has 0 N–H and O–H groups in total. The van der Waals surface area contributed by atoms with Crippen molar-refractivity contribution in [2.45, 2.75) is 37.8 Å². The minimum absolute atomic E-state index is 0.711. The Morgan fingerprint density at radius 2 is 0.885 bits per heavy atom. The Labute approximate surface area is 170 Å². The van der Waals surface area contributed by atoms with E-state index in [1.165, 1.54) is 48.0 Å². The molecule has 2 heteroatoms. The third kappa shape index (κ3) is 2.75. The second kappa shape index (κ2) is 7.44. The van der Waals surface area contributed by atoms with Gasteiger partial charge in [-0.15, -0.1) is 0 Å². The van der Waals surface area contributed by atoms with E-state index in [9.17, 15) is 0 Å². The fourth-order valence-electron chi connectivity index (χ4n) is 4.80. The fraction of sp³-hybridized carbons (Fsp3) is 0.250. The van der Waals surface area contributed by atoms with E-state index in [1.54, 1.807) is 0 Å². The molecule has 0 aromatic heterocycles. The quantitative estimate of drug-likeness (QED) is 0.314. The molecule has 1 saturated carbocycles. The monoisotopic (exact) mass is 472 g/mol. The molecule has 0 aliphatic heterocycles. The van der Waals surface area contributed by atoms with Crippen LogP contribution in [0.15, 0.2) is 91.0 Å². The van der Waals surface area contributed by atoms with Crippen molar-refractivity contribution in [2.24, 2.45) is 0 Å². The topological polar surface area (TPSA) is 0 Å². The average molecular weight is 472 g/mol. The first kappa shape index (κ1) is 18.2. The molecule has 3 aromatic carbocycles. The maximum absolute atomic E-state index is 2.96. The van der Waals surface area contributed by atoms with Gasteiger partial charge in [-0.2, -0.15) is 0 Å². The van der Waals surface area contributed by atoms with Gasteiger partial charge in [0, 0.05) is 0 Å². The predicted octanol–water partition coefficient (Wildman–Crippen LogP) is 6.20. The van der Waals surface area contributed by atoms with Crippen LogP contribution in [0.3, 0.4) is 0 Å². The van der Waals surface area contributed by atoms with E-state index in [0.29, 0.717) is 5.66 Å². The van der Waals surface area contributed by atoms with Crippen LogP contribution < -0.4 is 15.9 Å². The normalized spacial score (nSPS) is 17.3. The number of hydrogen-bond acceptors (Lipinski definition) is 0. The van der Waals surface area contributed by atoms with Crippen molar-refractivity contribution in [3.05, 3.63) is 91.0 Å². The van der Waals surface area contributed by atoms with Gasteiger partial charge < -0.3 is 0 Å². The molecular weight excluding hydrogens is 446 g/mol. The van der Waals surface area contributed by atoms with Crippen molar-refractivity contribution >= 4 is 42.2 Å². The molecule has 0 nitrogen and oxygen atoms in total. The number of halogens is 1. The first-order valence-electron chi connectivity index (χ1n) is 9.65. The summed E-state index contributed by atoms with van der Waals surface area (Å²) in [4.78, 5) is 0. The van der Waals surface area contributed by atoms with Crippen molar-refractivity contribution in [1.29, 1.82) is 0 Å². The zero-order valence-corrected chi connectivity index (χ0v) is 18.2. The molecule has 1 aliphatic rings. The van der Waals surface area contributed by atoms with Gasteiger partial charge in [0.25, 0.3) is 0 Å². The SMILES string of the molecule is IP(c1ccccc1)(c1ccccc1)(c1ccccc1)C1CCCCC1. The van der Waals surface area contributed by atoms with Gasteiger partial charge >= 0.3 is 171 Å². The van der Waals surface area contributed by atoms with E-state index in [0.717, 1.165) is 0 Å². The van der Waals surface area contributed by atoms with E-state index in [-0.39, 0.29) is 0 Å². The predicted molar refractivity (Wildman–Crippen MR) is 126 cm³/mol. The number of benzene rings is 3. The van der Waals surface area contributed by atoms with Crippen LogP contribution in [0.25, 0.3) is 0 Å². The van der Waals surface area contributed by atoms with Gasteiger partial charge in [0.15, 0.2) is 0 Å². The van der Waals surface area contributed by atoms with E-state index >= 15 is 0 Å². The first-order valence-corrected chi connectivity index (χ1v) is 14.7. The van der Waals surface area contributed by atoms with Crippen LogP contribution in [0.4, 0.5) is 0 Å². The summed E-state index contributed by atoms with van der Waals surface area (Å²) in [6, 6.07) is 34.1. The van der Waals surface area contributed by atoms with Gasteiger partial charge in [0.1, 0.15) is 0 Å². The minimum atomic E-state index is -2.57. The summed E-state index contributed by atoms with van der Waals surface area (Å²) in [5.41, 5.74) is 0.711. The molecule has 0 radical (unpaired) electrons. The molecule has 3 aromatic rings. The first-order chi connectivity index (χ1) is 12.7. The molecular formula is C24H26IP. The Balaban J connectivity index is 2.10. The molecule has 0 saturated heterocycles. The maximum atomic E-state index is 2.96. The molecule has 0 heterocycles. The Bertz CT molecular complexity index is 740. The van der Waals surface area contributed by atoms with Gasteiger partial charge in [-0.05, 0) is 0 Å². The van der Waals surface area contributed by atoms with Crippen LogP contribution >= 0.6 is 26.3 Å². The number of rotatable bonds is 4. The standard InChI is InChI=1S/C24H26IP/c25-26(21-13-5-1-6-14-21,22-15-7-2-8-16-22,23-17-9-3-10-18-23)24-19-11-4-12-20-24/h1-3,5-10,13-18,24H,4,11-12,19-20H2. The summed E-state index contributed by atoms with van der Waals surface area (Å²) in [6.45, 7) is 0. The van der Waals surface area contributed by atoms with Gasteiger partial charge in [-0.3, -0.25) is 0 Å².